The van der Waals surface area contributed by atoms with Crippen molar-refractivity contribution in [1.29, 1.82) is 0 Å². The standard InChI is InChI=1S/C24H24FN3O3/c1-16-10-12-27(13-11-16)21-14-22(29)28(24(21)31)19-8-6-17(7-9-19)23(30)26-15-18-4-2-3-5-20(18)25/h2-9,14,16H,10-13,15H2,1H3,(H,26,30). The summed E-state index contributed by atoms with van der Waals surface area (Å²) in [6.07, 6.45) is 3.39. The van der Waals surface area contributed by atoms with Crippen LogP contribution in [-0.2, 0) is 16.1 Å². The van der Waals surface area contributed by atoms with E-state index in [-0.39, 0.29) is 30.1 Å². The van der Waals surface area contributed by atoms with Gasteiger partial charge >= 0.3 is 0 Å². The van der Waals surface area contributed by atoms with Gasteiger partial charge in [-0.2, -0.15) is 0 Å². The summed E-state index contributed by atoms with van der Waals surface area (Å²) < 4.78 is 13.7. The van der Waals surface area contributed by atoms with Crippen molar-refractivity contribution in [3.63, 3.8) is 0 Å². The van der Waals surface area contributed by atoms with E-state index in [2.05, 4.69) is 12.2 Å². The first-order valence-corrected chi connectivity index (χ1v) is 10.4. The molecule has 1 N–H and O–H groups in total. The largest absolute Gasteiger partial charge is 0.367 e. The average Bonchev–Trinajstić information content (AvgIpc) is 3.07. The van der Waals surface area contributed by atoms with Crippen LogP contribution < -0.4 is 10.2 Å². The van der Waals surface area contributed by atoms with E-state index >= 15 is 0 Å². The van der Waals surface area contributed by atoms with Crippen molar-refractivity contribution in [3.8, 4) is 0 Å². The van der Waals surface area contributed by atoms with Crippen LogP contribution in [0.5, 0.6) is 0 Å². The third-order valence-corrected chi connectivity index (χ3v) is 5.81. The molecular weight excluding hydrogens is 397 g/mol. The number of piperidine rings is 1. The van der Waals surface area contributed by atoms with Crippen molar-refractivity contribution in [1.82, 2.24) is 10.2 Å². The molecule has 2 aromatic rings. The van der Waals surface area contributed by atoms with Gasteiger partial charge in [0.05, 0.1) is 5.69 Å². The molecule has 0 aliphatic carbocycles. The predicted octanol–water partition coefficient (Wildman–Crippen LogP) is 3.24. The van der Waals surface area contributed by atoms with Crippen LogP contribution in [0.3, 0.4) is 0 Å². The lowest BCUT2D eigenvalue weighted by Gasteiger charge is -2.32. The highest BCUT2D eigenvalue weighted by molar-refractivity contribution is 6.30. The highest BCUT2D eigenvalue weighted by Gasteiger charge is 2.36. The molecule has 4 rings (SSSR count). The van der Waals surface area contributed by atoms with E-state index in [9.17, 15) is 18.8 Å². The molecule has 2 heterocycles. The highest BCUT2D eigenvalue weighted by atomic mass is 19.1. The van der Waals surface area contributed by atoms with E-state index < -0.39 is 0 Å². The first-order chi connectivity index (χ1) is 14.9. The number of anilines is 1. The summed E-state index contributed by atoms with van der Waals surface area (Å²) in [5, 5.41) is 2.67. The summed E-state index contributed by atoms with van der Waals surface area (Å²) >= 11 is 0. The number of carbonyl (C=O) groups excluding carboxylic acids is 3. The minimum absolute atomic E-state index is 0.0675. The second-order valence-corrected chi connectivity index (χ2v) is 8.00. The summed E-state index contributed by atoms with van der Waals surface area (Å²) in [6, 6.07) is 12.5. The van der Waals surface area contributed by atoms with Crippen molar-refractivity contribution in [2.75, 3.05) is 18.0 Å². The molecule has 0 spiro atoms. The van der Waals surface area contributed by atoms with Gasteiger partial charge in [-0.1, -0.05) is 25.1 Å². The minimum Gasteiger partial charge on any atom is -0.367 e. The number of nitrogens with zero attached hydrogens (tertiary/aromatic N) is 2. The maximum absolute atomic E-state index is 13.7. The average molecular weight is 421 g/mol. The Hall–Kier alpha value is -3.48. The molecule has 3 amide bonds. The Morgan fingerprint density at radius 3 is 2.42 bits per heavy atom. The second-order valence-electron chi connectivity index (χ2n) is 8.00. The van der Waals surface area contributed by atoms with E-state index in [1.54, 1.807) is 42.5 Å². The van der Waals surface area contributed by atoms with Crippen LogP contribution in [-0.4, -0.2) is 35.7 Å². The number of rotatable bonds is 5. The van der Waals surface area contributed by atoms with Gasteiger partial charge in [-0.25, -0.2) is 9.29 Å². The molecule has 0 bridgehead atoms. The van der Waals surface area contributed by atoms with Crippen molar-refractivity contribution in [2.45, 2.75) is 26.3 Å². The number of benzene rings is 2. The van der Waals surface area contributed by atoms with E-state index in [1.165, 1.54) is 12.1 Å². The summed E-state index contributed by atoms with van der Waals surface area (Å²) in [4.78, 5) is 40.9. The number of carbonyl (C=O) groups is 3. The monoisotopic (exact) mass is 421 g/mol. The molecule has 0 atom stereocenters. The minimum atomic E-state index is -0.379. The predicted molar refractivity (Wildman–Crippen MR) is 115 cm³/mol. The van der Waals surface area contributed by atoms with Crippen LogP contribution >= 0.6 is 0 Å². The lowest BCUT2D eigenvalue weighted by atomic mass is 9.99. The van der Waals surface area contributed by atoms with Crippen molar-refractivity contribution >= 4 is 23.4 Å². The van der Waals surface area contributed by atoms with E-state index in [0.29, 0.717) is 28.4 Å². The van der Waals surface area contributed by atoms with Crippen molar-refractivity contribution in [2.24, 2.45) is 5.92 Å². The van der Waals surface area contributed by atoms with Crippen LogP contribution in [0.4, 0.5) is 10.1 Å². The Balaban J connectivity index is 1.41. The number of halogens is 1. The molecular formula is C24H24FN3O3. The Kier molecular flexibility index (Phi) is 5.84. The lowest BCUT2D eigenvalue weighted by Crippen LogP contribution is -2.38. The van der Waals surface area contributed by atoms with Crippen molar-refractivity contribution in [3.05, 3.63) is 77.2 Å². The SMILES string of the molecule is CC1CCN(C2=CC(=O)N(c3ccc(C(=O)NCc4ccccc4F)cc3)C2=O)CC1. The van der Waals surface area contributed by atoms with E-state index in [4.69, 9.17) is 0 Å². The molecule has 7 heteroatoms. The van der Waals surface area contributed by atoms with Gasteiger partial charge in [0, 0.05) is 36.8 Å². The van der Waals surface area contributed by atoms with Crippen molar-refractivity contribution < 1.29 is 18.8 Å². The first kappa shape index (κ1) is 20.8. The smallest absolute Gasteiger partial charge is 0.281 e. The molecule has 31 heavy (non-hydrogen) atoms. The maximum atomic E-state index is 13.7. The molecule has 0 unspecified atom stereocenters. The first-order valence-electron chi connectivity index (χ1n) is 10.4. The Morgan fingerprint density at radius 2 is 1.74 bits per heavy atom. The summed E-state index contributed by atoms with van der Waals surface area (Å²) in [5.74, 6) is -0.838. The quantitative estimate of drug-likeness (QED) is 0.753. The third kappa shape index (κ3) is 4.35. The summed E-state index contributed by atoms with van der Waals surface area (Å²) in [6.45, 7) is 3.79. The number of likely N-dealkylation sites (tertiary alicyclic amines) is 1. The zero-order valence-corrected chi connectivity index (χ0v) is 17.3. The van der Waals surface area contributed by atoms with Gasteiger partial charge in [0.1, 0.15) is 11.5 Å². The molecule has 0 radical (unpaired) electrons. The second kappa shape index (κ2) is 8.71. The summed E-state index contributed by atoms with van der Waals surface area (Å²) in [5.41, 5.74) is 1.60. The number of amides is 3. The normalized spacial score (nSPS) is 17.2. The molecule has 0 saturated carbocycles. The lowest BCUT2D eigenvalue weighted by molar-refractivity contribution is -0.121. The van der Waals surface area contributed by atoms with Gasteiger partial charge in [0.15, 0.2) is 0 Å². The molecule has 1 fully saturated rings. The summed E-state index contributed by atoms with van der Waals surface area (Å²) in [7, 11) is 0. The van der Waals surface area contributed by atoms with Crippen LogP contribution in [0.15, 0.2) is 60.3 Å². The number of hydrogen-bond acceptors (Lipinski definition) is 4. The van der Waals surface area contributed by atoms with Crippen LogP contribution in [0.1, 0.15) is 35.7 Å². The number of nitrogens with one attached hydrogen (secondary N) is 1. The molecule has 2 aliphatic heterocycles. The molecule has 2 aromatic carbocycles. The fourth-order valence-electron chi connectivity index (χ4n) is 3.86. The van der Waals surface area contributed by atoms with Gasteiger partial charge in [-0.3, -0.25) is 14.4 Å². The van der Waals surface area contributed by atoms with Gasteiger partial charge in [0.2, 0.25) is 0 Å². The fraction of sp³-hybridized carbons (Fsp3) is 0.292. The number of imide groups is 1. The van der Waals surface area contributed by atoms with E-state index in [0.717, 1.165) is 30.8 Å². The molecule has 160 valence electrons. The number of hydrogen-bond donors (Lipinski definition) is 1. The Bertz CT molecular complexity index is 1040. The van der Waals surface area contributed by atoms with Gasteiger partial charge in [-0.15, -0.1) is 0 Å². The third-order valence-electron chi connectivity index (χ3n) is 5.81. The molecule has 1 saturated heterocycles. The molecule has 0 aromatic heterocycles. The van der Waals surface area contributed by atoms with Gasteiger partial charge in [0.25, 0.3) is 17.7 Å². The highest BCUT2D eigenvalue weighted by Crippen LogP contribution is 2.27. The van der Waals surface area contributed by atoms with Crippen LogP contribution in [0, 0.1) is 11.7 Å². The van der Waals surface area contributed by atoms with E-state index in [1.807, 2.05) is 4.90 Å². The molecule has 2 aliphatic rings. The van der Waals surface area contributed by atoms with Gasteiger partial charge < -0.3 is 10.2 Å². The molecule has 6 nitrogen and oxygen atoms in total. The zero-order chi connectivity index (χ0) is 22.0. The zero-order valence-electron chi connectivity index (χ0n) is 17.3. The maximum Gasteiger partial charge on any atom is 0.281 e. The topological polar surface area (TPSA) is 69.7 Å². The fourth-order valence-corrected chi connectivity index (χ4v) is 3.86. The van der Waals surface area contributed by atoms with Gasteiger partial charge in [-0.05, 0) is 49.1 Å². The van der Waals surface area contributed by atoms with Crippen LogP contribution in [0.25, 0.3) is 0 Å². The van der Waals surface area contributed by atoms with Crippen LogP contribution in [0.2, 0.25) is 0 Å². The Labute approximate surface area is 180 Å². The Morgan fingerprint density at radius 1 is 1.06 bits per heavy atom.